The van der Waals surface area contributed by atoms with Gasteiger partial charge in [0.2, 0.25) is 5.91 Å². The van der Waals surface area contributed by atoms with Gasteiger partial charge in [0.05, 0.1) is 5.01 Å². The second kappa shape index (κ2) is 8.68. The smallest absolute Gasteiger partial charge is 0.270 e. The van der Waals surface area contributed by atoms with Crippen LogP contribution < -0.4 is 5.32 Å². The molecule has 4 rings (SSSR count). The van der Waals surface area contributed by atoms with Crippen LogP contribution in [0.5, 0.6) is 0 Å². The van der Waals surface area contributed by atoms with E-state index in [1.165, 1.54) is 31.3 Å². The van der Waals surface area contributed by atoms with Crippen molar-refractivity contribution in [2.45, 2.75) is 78.6 Å². The van der Waals surface area contributed by atoms with Crippen LogP contribution >= 0.6 is 11.3 Å². The van der Waals surface area contributed by atoms with Crippen molar-refractivity contribution < 1.29 is 9.59 Å². The highest BCUT2D eigenvalue weighted by molar-refractivity contribution is 7.09. The van der Waals surface area contributed by atoms with Crippen LogP contribution in [-0.2, 0) is 4.79 Å². The monoisotopic (exact) mass is 443 g/mol. The number of aromatic nitrogens is 1. The van der Waals surface area contributed by atoms with Gasteiger partial charge in [-0.2, -0.15) is 0 Å². The number of nitrogens with zero attached hydrogens (tertiary/aromatic N) is 2. The number of carbonyl (C=O) groups is 2. The first-order chi connectivity index (χ1) is 14.7. The molecule has 1 saturated carbocycles. The Kier molecular flexibility index (Phi) is 6.30. The molecule has 2 aliphatic carbocycles. The van der Waals surface area contributed by atoms with Crippen molar-refractivity contribution in [1.82, 2.24) is 15.2 Å². The van der Waals surface area contributed by atoms with E-state index in [4.69, 9.17) is 0 Å². The Balaban J connectivity index is 1.25. The molecular weight excluding hydrogens is 406 g/mol. The summed E-state index contributed by atoms with van der Waals surface area (Å²) in [4.78, 5) is 32.2. The largest absolute Gasteiger partial charge is 0.350 e. The molecule has 0 aromatic carbocycles. The van der Waals surface area contributed by atoms with Crippen molar-refractivity contribution in [2.24, 2.45) is 16.7 Å². The van der Waals surface area contributed by atoms with E-state index in [0.717, 1.165) is 37.4 Å². The van der Waals surface area contributed by atoms with Crippen molar-refractivity contribution in [3.05, 3.63) is 27.7 Å². The van der Waals surface area contributed by atoms with Crippen LogP contribution in [0.2, 0.25) is 0 Å². The molecule has 1 N–H and O–H groups in total. The van der Waals surface area contributed by atoms with E-state index < -0.39 is 0 Å². The number of rotatable bonds is 6. The zero-order valence-electron chi connectivity index (χ0n) is 19.5. The fraction of sp³-hybridized carbons (Fsp3) is 0.720. The van der Waals surface area contributed by atoms with Crippen molar-refractivity contribution in [3.63, 3.8) is 0 Å². The van der Waals surface area contributed by atoms with Gasteiger partial charge < -0.3 is 10.2 Å². The van der Waals surface area contributed by atoms with Crippen LogP contribution in [0, 0.1) is 16.7 Å². The van der Waals surface area contributed by atoms with Gasteiger partial charge in [0.1, 0.15) is 5.69 Å². The molecule has 1 aliphatic heterocycles. The molecule has 0 unspecified atom stereocenters. The van der Waals surface area contributed by atoms with Crippen molar-refractivity contribution in [1.29, 1.82) is 0 Å². The summed E-state index contributed by atoms with van der Waals surface area (Å²) in [7, 11) is 0. The van der Waals surface area contributed by atoms with E-state index in [9.17, 15) is 9.59 Å². The van der Waals surface area contributed by atoms with Gasteiger partial charge in [-0.15, -0.1) is 11.3 Å². The minimum atomic E-state index is -0.0651. The molecule has 1 aromatic heterocycles. The molecule has 1 aromatic rings. The molecule has 0 spiro atoms. The van der Waals surface area contributed by atoms with E-state index >= 15 is 0 Å². The van der Waals surface area contributed by atoms with E-state index in [2.05, 4.69) is 49.0 Å². The lowest BCUT2D eigenvalue weighted by molar-refractivity contribution is -0.134. The summed E-state index contributed by atoms with van der Waals surface area (Å²) >= 11 is 1.59. The van der Waals surface area contributed by atoms with Gasteiger partial charge in [0, 0.05) is 36.9 Å². The average Bonchev–Trinajstić information content (AvgIpc) is 3.09. The molecule has 0 radical (unpaired) electrons. The summed E-state index contributed by atoms with van der Waals surface area (Å²) in [6.45, 7) is 11.1. The molecule has 0 atom stereocenters. The second-order valence-electron chi connectivity index (χ2n) is 10.7. The summed E-state index contributed by atoms with van der Waals surface area (Å²) in [5.41, 5.74) is 2.19. The quantitative estimate of drug-likeness (QED) is 0.618. The average molecular weight is 444 g/mol. The molecular formula is C25H37N3O2S. The standard InChI is InChI=1S/C25H37N3O2S/c1-24(2)20(25(24,3)4)23(30)28-14-11-18(12-15-28)22-27-19(16-31-22)21(29)26-13-10-17-8-6-5-7-9-17/h8,16,18,20H,5-7,9-15H2,1-4H3,(H,26,29). The van der Waals surface area contributed by atoms with Crippen LogP contribution in [0.1, 0.15) is 94.1 Å². The molecule has 5 nitrogen and oxygen atoms in total. The number of hydrogen-bond donors (Lipinski definition) is 1. The summed E-state index contributed by atoms with van der Waals surface area (Å²) in [6, 6.07) is 0. The minimum Gasteiger partial charge on any atom is -0.350 e. The predicted octanol–water partition coefficient (Wildman–Crippen LogP) is 5.15. The molecule has 3 aliphatic rings. The third-order valence-corrected chi connectivity index (χ3v) is 9.30. The van der Waals surface area contributed by atoms with E-state index in [-0.39, 0.29) is 22.7 Å². The highest BCUT2D eigenvalue weighted by atomic mass is 32.1. The lowest BCUT2D eigenvalue weighted by Gasteiger charge is -2.31. The summed E-state index contributed by atoms with van der Waals surface area (Å²) in [5.74, 6) is 0.741. The number of likely N-dealkylation sites (tertiary alicyclic amines) is 1. The number of hydrogen-bond acceptors (Lipinski definition) is 4. The van der Waals surface area contributed by atoms with Gasteiger partial charge in [0.15, 0.2) is 0 Å². The Bertz CT molecular complexity index is 848. The number of thiazole rings is 1. The van der Waals surface area contributed by atoms with E-state index in [1.807, 2.05) is 5.38 Å². The number of piperidine rings is 1. The van der Waals surface area contributed by atoms with Crippen LogP contribution in [0.4, 0.5) is 0 Å². The Morgan fingerprint density at radius 1 is 1.16 bits per heavy atom. The fourth-order valence-corrected chi connectivity index (χ4v) is 6.45. The van der Waals surface area contributed by atoms with E-state index in [0.29, 0.717) is 24.1 Å². The third kappa shape index (κ3) is 4.46. The van der Waals surface area contributed by atoms with Crippen LogP contribution in [0.3, 0.4) is 0 Å². The molecule has 2 heterocycles. The molecule has 0 bridgehead atoms. The lowest BCUT2D eigenvalue weighted by Crippen LogP contribution is -2.40. The highest BCUT2D eigenvalue weighted by Crippen LogP contribution is 2.68. The predicted molar refractivity (Wildman–Crippen MR) is 125 cm³/mol. The number of nitrogens with one attached hydrogen (secondary N) is 1. The zero-order valence-corrected chi connectivity index (χ0v) is 20.3. The number of carbonyl (C=O) groups excluding carboxylic acids is 2. The summed E-state index contributed by atoms with van der Waals surface area (Å²) in [6.07, 6.45) is 10.1. The molecule has 2 fully saturated rings. The Morgan fingerprint density at radius 2 is 1.87 bits per heavy atom. The van der Waals surface area contributed by atoms with Gasteiger partial charge in [-0.05, 0) is 55.8 Å². The van der Waals surface area contributed by atoms with Crippen molar-refractivity contribution in [3.8, 4) is 0 Å². The maximum atomic E-state index is 13.0. The fourth-order valence-electron chi connectivity index (χ4n) is 5.48. The second-order valence-corrected chi connectivity index (χ2v) is 11.6. The molecule has 31 heavy (non-hydrogen) atoms. The Labute approximate surface area is 190 Å². The van der Waals surface area contributed by atoms with Crippen molar-refractivity contribution >= 4 is 23.2 Å². The first-order valence-corrected chi connectivity index (χ1v) is 12.8. The van der Waals surface area contributed by atoms with Gasteiger partial charge in [0.25, 0.3) is 5.91 Å². The van der Waals surface area contributed by atoms with Gasteiger partial charge in [-0.3, -0.25) is 9.59 Å². The van der Waals surface area contributed by atoms with Crippen LogP contribution in [0.25, 0.3) is 0 Å². The zero-order chi connectivity index (χ0) is 22.2. The first-order valence-electron chi connectivity index (χ1n) is 11.9. The highest BCUT2D eigenvalue weighted by Gasteiger charge is 2.68. The number of amides is 2. The van der Waals surface area contributed by atoms with Crippen molar-refractivity contribution in [2.75, 3.05) is 19.6 Å². The van der Waals surface area contributed by atoms with Gasteiger partial charge in [-0.1, -0.05) is 39.3 Å². The molecule has 6 heteroatoms. The molecule has 170 valence electrons. The maximum Gasteiger partial charge on any atom is 0.270 e. The SMILES string of the molecule is CC1(C)C(C(=O)N2CCC(c3nc(C(=O)NCCC4=CCCCC4)cs3)CC2)C1(C)C. The van der Waals surface area contributed by atoms with Crippen LogP contribution in [-0.4, -0.2) is 41.3 Å². The van der Waals surface area contributed by atoms with Gasteiger partial charge >= 0.3 is 0 Å². The first kappa shape index (κ1) is 22.5. The molecule has 1 saturated heterocycles. The normalized spacial score (nSPS) is 23.4. The summed E-state index contributed by atoms with van der Waals surface area (Å²) in [5, 5.41) is 5.96. The Morgan fingerprint density at radius 3 is 2.48 bits per heavy atom. The van der Waals surface area contributed by atoms with Gasteiger partial charge in [-0.25, -0.2) is 4.98 Å². The van der Waals surface area contributed by atoms with Crippen LogP contribution in [0.15, 0.2) is 17.0 Å². The summed E-state index contributed by atoms with van der Waals surface area (Å²) < 4.78 is 0. The topological polar surface area (TPSA) is 62.3 Å². The minimum absolute atomic E-state index is 0.0651. The third-order valence-electron chi connectivity index (χ3n) is 8.29. The maximum absolute atomic E-state index is 13.0. The van der Waals surface area contributed by atoms with E-state index in [1.54, 1.807) is 11.3 Å². The molecule has 2 amide bonds. The Hall–Kier alpha value is -1.69. The lowest BCUT2D eigenvalue weighted by atomic mass is 9.96. The number of allylic oxidation sites excluding steroid dienone is 1.